The maximum absolute atomic E-state index is 13.8. The van der Waals surface area contributed by atoms with Crippen molar-refractivity contribution in [1.82, 2.24) is 10.2 Å². The molecule has 0 unspecified atom stereocenters. The Morgan fingerprint density at radius 1 is 0.800 bits per heavy atom. The minimum absolute atomic E-state index is 0.0520. The molecule has 0 spiro atoms. The van der Waals surface area contributed by atoms with Crippen LogP contribution in [0.4, 0.5) is 0 Å². The topological polar surface area (TPSA) is 49.4 Å². The monoisotopic (exact) mass is 550 g/mol. The quantitative estimate of drug-likeness (QED) is 0.294. The van der Waals surface area contributed by atoms with Gasteiger partial charge >= 0.3 is 0 Å². The molecule has 0 heterocycles. The average Bonchev–Trinajstić information content (AvgIpc) is 2.84. The summed E-state index contributed by atoms with van der Waals surface area (Å²) in [5, 5.41) is 4.54. The second kappa shape index (κ2) is 13.2. The molecule has 3 aromatic carbocycles. The highest BCUT2D eigenvalue weighted by molar-refractivity contribution is 6.36. The third-order valence-electron chi connectivity index (χ3n) is 5.60. The highest BCUT2D eigenvalue weighted by Gasteiger charge is 2.31. The Hall–Kier alpha value is -2.24. The van der Waals surface area contributed by atoms with E-state index in [-0.39, 0.29) is 24.8 Å². The summed E-state index contributed by atoms with van der Waals surface area (Å²) in [7, 11) is 0. The molecule has 184 valence electrons. The second-order valence-corrected chi connectivity index (χ2v) is 9.72. The van der Waals surface area contributed by atoms with Crippen LogP contribution in [0.5, 0.6) is 0 Å². The molecule has 1 atom stereocenters. The fraction of sp³-hybridized carbons (Fsp3) is 0.259. The fourth-order valence-electron chi connectivity index (χ4n) is 3.73. The first kappa shape index (κ1) is 27.3. The van der Waals surface area contributed by atoms with E-state index in [1.54, 1.807) is 36.4 Å². The maximum Gasteiger partial charge on any atom is 0.243 e. The van der Waals surface area contributed by atoms with Crippen LogP contribution >= 0.6 is 46.4 Å². The van der Waals surface area contributed by atoms with Crippen molar-refractivity contribution >= 4 is 58.2 Å². The Labute approximate surface area is 226 Å². The third-order valence-corrected chi connectivity index (χ3v) is 7.02. The number of halogens is 4. The molecule has 0 saturated heterocycles. The molecule has 35 heavy (non-hydrogen) atoms. The van der Waals surface area contributed by atoms with Crippen molar-refractivity contribution in [3.05, 3.63) is 104 Å². The summed E-state index contributed by atoms with van der Waals surface area (Å²) >= 11 is 25.6. The predicted molar refractivity (Wildman–Crippen MR) is 144 cm³/mol. The van der Waals surface area contributed by atoms with Gasteiger partial charge < -0.3 is 10.2 Å². The lowest BCUT2D eigenvalue weighted by Gasteiger charge is -2.32. The van der Waals surface area contributed by atoms with Gasteiger partial charge in [0, 0.05) is 45.2 Å². The van der Waals surface area contributed by atoms with Crippen LogP contribution in [0.25, 0.3) is 0 Å². The number of amides is 2. The van der Waals surface area contributed by atoms with E-state index in [0.29, 0.717) is 44.2 Å². The molecule has 2 amide bonds. The summed E-state index contributed by atoms with van der Waals surface area (Å²) in [5.41, 5.74) is 1.99. The number of rotatable bonds is 10. The van der Waals surface area contributed by atoms with E-state index in [0.717, 1.165) is 12.0 Å². The zero-order valence-corrected chi connectivity index (χ0v) is 22.3. The molecular formula is C27H26Cl4N2O2. The van der Waals surface area contributed by atoms with Crippen LogP contribution in [0.1, 0.15) is 30.0 Å². The van der Waals surface area contributed by atoms with Crippen molar-refractivity contribution in [3.8, 4) is 0 Å². The number of nitrogens with zero attached hydrogens (tertiary/aromatic N) is 1. The first-order valence-electron chi connectivity index (χ1n) is 11.3. The molecule has 0 aliphatic carbocycles. The Morgan fingerprint density at radius 3 is 1.89 bits per heavy atom. The summed E-state index contributed by atoms with van der Waals surface area (Å²) in [6.45, 7) is 2.52. The van der Waals surface area contributed by atoms with E-state index in [1.807, 2.05) is 37.3 Å². The van der Waals surface area contributed by atoms with Gasteiger partial charge in [-0.05, 0) is 41.8 Å². The third kappa shape index (κ3) is 7.37. The van der Waals surface area contributed by atoms with Crippen LogP contribution in [0.2, 0.25) is 20.1 Å². The Balaban J connectivity index is 2.04. The molecule has 0 bridgehead atoms. The summed E-state index contributed by atoms with van der Waals surface area (Å²) in [6, 6.07) is 19.0. The van der Waals surface area contributed by atoms with Crippen molar-refractivity contribution in [1.29, 1.82) is 0 Å². The molecule has 0 aliphatic heterocycles. The normalized spacial score (nSPS) is 11.7. The van der Waals surface area contributed by atoms with Gasteiger partial charge in [-0.15, -0.1) is 0 Å². The zero-order chi connectivity index (χ0) is 25.4. The zero-order valence-electron chi connectivity index (χ0n) is 19.2. The number of carbonyl (C=O) groups excluding carboxylic acids is 2. The van der Waals surface area contributed by atoms with E-state index in [1.165, 1.54) is 4.90 Å². The number of hydrogen-bond acceptors (Lipinski definition) is 2. The lowest BCUT2D eigenvalue weighted by Crippen LogP contribution is -2.51. The highest BCUT2D eigenvalue weighted by atomic mass is 35.5. The molecule has 0 aromatic heterocycles. The van der Waals surface area contributed by atoms with Gasteiger partial charge in [0.05, 0.1) is 6.42 Å². The number of benzene rings is 3. The SMILES string of the molecule is CCCNC(=O)[C@H](Cc1ccccc1)N(Cc1c(Cl)cccc1Cl)C(=O)Cc1c(Cl)cccc1Cl. The predicted octanol–water partition coefficient (Wildman–Crippen LogP) is 7.01. The molecule has 4 nitrogen and oxygen atoms in total. The summed E-state index contributed by atoms with van der Waals surface area (Å²) in [6.07, 6.45) is 1.01. The van der Waals surface area contributed by atoms with Gasteiger partial charge in [-0.3, -0.25) is 9.59 Å². The van der Waals surface area contributed by atoms with Gasteiger partial charge in [-0.25, -0.2) is 0 Å². The van der Waals surface area contributed by atoms with Crippen molar-refractivity contribution in [2.24, 2.45) is 0 Å². The first-order chi connectivity index (χ1) is 16.8. The first-order valence-corrected chi connectivity index (χ1v) is 12.8. The van der Waals surface area contributed by atoms with Crippen molar-refractivity contribution in [2.45, 2.75) is 38.8 Å². The standard InChI is InChI=1S/C27H26Cl4N2O2/c1-2-14-32-27(35)25(15-18-8-4-3-5-9-18)33(17-20-23(30)12-7-13-24(20)31)26(34)16-19-21(28)10-6-11-22(19)29/h3-13,25H,2,14-17H2,1H3,(H,32,35)/t25-/m0/s1. The Kier molecular flexibility index (Phi) is 10.3. The molecule has 3 rings (SSSR count). The van der Waals surface area contributed by atoms with E-state index in [9.17, 15) is 9.59 Å². The molecular weight excluding hydrogens is 526 g/mol. The number of hydrogen-bond donors (Lipinski definition) is 1. The van der Waals surface area contributed by atoms with Gasteiger partial charge in [-0.2, -0.15) is 0 Å². The Morgan fingerprint density at radius 2 is 1.34 bits per heavy atom. The lowest BCUT2D eigenvalue weighted by molar-refractivity contribution is -0.140. The van der Waals surface area contributed by atoms with Gasteiger partial charge in [0.2, 0.25) is 11.8 Å². The van der Waals surface area contributed by atoms with E-state index >= 15 is 0 Å². The summed E-state index contributed by atoms with van der Waals surface area (Å²) in [4.78, 5) is 28.7. The minimum atomic E-state index is -0.801. The Bertz CT molecular complexity index is 1130. The molecule has 0 fully saturated rings. The van der Waals surface area contributed by atoms with Crippen LogP contribution < -0.4 is 5.32 Å². The molecule has 1 N–H and O–H groups in total. The summed E-state index contributed by atoms with van der Waals surface area (Å²) in [5.74, 6) is -0.568. The number of nitrogens with one attached hydrogen (secondary N) is 1. The second-order valence-electron chi connectivity index (χ2n) is 8.10. The minimum Gasteiger partial charge on any atom is -0.354 e. The van der Waals surface area contributed by atoms with Crippen LogP contribution in [0, 0.1) is 0 Å². The fourth-order valence-corrected chi connectivity index (χ4v) is 4.78. The van der Waals surface area contributed by atoms with Crippen LogP contribution in [0.3, 0.4) is 0 Å². The highest BCUT2D eigenvalue weighted by Crippen LogP contribution is 2.29. The van der Waals surface area contributed by atoms with Gasteiger partial charge in [0.25, 0.3) is 0 Å². The van der Waals surface area contributed by atoms with Crippen molar-refractivity contribution in [3.63, 3.8) is 0 Å². The summed E-state index contributed by atoms with van der Waals surface area (Å²) < 4.78 is 0. The molecule has 3 aromatic rings. The number of carbonyl (C=O) groups is 2. The lowest BCUT2D eigenvalue weighted by atomic mass is 10.0. The average molecular weight is 552 g/mol. The molecule has 8 heteroatoms. The van der Waals surface area contributed by atoms with E-state index in [4.69, 9.17) is 46.4 Å². The molecule has 0 aliphatic rings. The smallest absolute Gasteiger partial charge is 0.243 e. The van der Waals surface area contributed by atoms with E-state index < -0.39 is 6.04 Å². The van der Waals surface area contributed by atoms with Crippen LogP contribution in [0.15, 0.2) is 66.7 Å². The van der Waals surface area contributed by atoms with Crippen LogP contribution in [-0.4, -0.2) is 29.3 Å². The van der Waals surface area contributed by atoms with Gasteiger partial charge in [0.15, 0.2) is 0 Å². The molecule has 0 saturated carbocycles. The van der Waals surface area contributed by atoms with E-state index in [2.05, 4.69) is 5.32 Å². The maximum atomic E-state index is 13.8. The van der Waals surface area contributed by atoms with Crippen molar-refractivity contribution in [2.75, 3.05) is 6.54 Å². The van der Waals surface area contributed by atoms with Crippen molar-refractivity contribution < 1.29 is 9.59 Å². The van der Waals surface area contributed by atoms with Crippen LogP contribution in [-0.2, 0) is 29.0 Å². The molecule has 0 radical (unpaired) electrons. The van der Waals surface area contributed by atoms with Gasteiger partial charge in [-0.1, -0.05) is 95.8 Å². The van der Waals surface area contributed by atoms with Gasteiger partial charge in [0.1, 0.15) is 6.04 Å². The largest absolute Gasteiger partial charge is 0.354 e.